The van der Waals surface area contributed by atoms with E-state index in [9.17, 15) is 14.4 Å². The maximum atomic E-state index is 12.6. The number of carbonyl (C=O) groups excluding carboxylic acids is 3. The van der Waals surface area contributed by atoms with E-state index in [4.69, 9.17) is 18.9 Å². The highest BCUT2D eigenvalue weighted by atomic mass is 16.6. The molecule has 0 spiro atoms. The number of hydrogen-bond acceptors (Lipinski definition) is 7. The van der Waals surface area contributed by atoms with Gasteiger partial charge in [0.05, 0.1) is 12.5 Å². The molecule has 0 aromatic rings. The van der Waals surface area contributed by atoms with Crippen LogP contribution < -0.4 is 0 Å². The summed E-state index contributed by atoms with van der Waals surface area (Å²) in [6.07, 6.45) is 2.18. The van der Waals surface area contributed by atoms with Crippen LogP contribution in [0.3, 0.4) is 0 Å². The Morgan fingerprint density at radius 2 is 2.14 bits per heavy atom. The number of ketones is 1. The number of allylic oxidation sites excluding steroid dienone is 2. The Morgan fingerprint density at radius 1 is 1.43 bits per heavy atom. The van der Waals surface area contributed by atoms with Gasteiger partial charge in [0.2, 0.25) is 5.78 Å². The monoisotopic (exact) mass is 390 g/mol. The molecule has 0 N–H and O–H groups in total. The van der Waals surface area contributed by atoms with E-state index in [2.05, 4.69) is 6.58 Å². The quantitative estimate of drug-likeness (QED) is 0.537. The van der Waals surface area contributed by atoms with Crippen molar-refractivity contribution in [1.82, 2.24) is 0 Å². The number of ether oxygens (including phenoxy) is 4. The lowest BCUT2D eigenvalue weighted by Gasteiger charge is -2.33. The minimum Gasteiger partial charge on any atom is -0.479 e. The molecule has 2 fully saturated rings. The second-order valence-electron chi connectivity index (χ2n) is 7.75. The number of hydrogen-bond donors (Lipinski definition) is 0. The van der Waals surface area contributed by atoms with Gasteiger partial charge in [0.1, 0.15) is 18.0 Å². The van der Waals surface area contributed by atoms with Gasteiger partial charge in [-0.1, -0.05) is 12.7 Å². The van der Waals surface area contributed by atoms with E-state index in [0.29, 0.717) is 23.3 Å². The van der Waals surface area contributed by atoms with Crippen molar-refractivity contribution in [1.29, 1.82) is 0 Å². The zero-order chi connectivity index (χ0) is 20.6. The Hall–Kier alpha value is -2.41. The van der Waals surface area contributed by atoms with Crippen LogP contribution in [0.1, 0.15) is 33.6 Å². The highest BCUT2D eigenvalue weighted by molar-refractivity contribution is 6.00. The third-order valence-corrected chi connectivity index (χ3v) is 5.76. The molecular weight excluding hydrogens is 364 g/mol. The molecule has 0 aromatic heterocycles. The molecular formula is C21H26O7. The van der Waals surface area contributed by atoms with Crippen molar-refractivity contribution >= 4 is 17.7 Å². The molecule has 0 amide bonds. The Bertz CT molecular complexity index is 778. The Morgan fingerprint density at radius 3 is 2.79 bits per heavy atom. The Balaban J connectivity index is 2.03. The average Bonchev–Trinajstić information content (AvgIpc) is 3.11. The van der Waals surface area contributed by atoms with E-state index in [1.54, 1.807) is 26.8 Å². The minimum absolute atomic E-state index is 0.111. The van der Waals surface area contributed by atoms with E-state index in [0.717, 1.165) is 0 Å². The van der Waals surface area contributed by atoms with Crippen LogP contribution in [0.5, 0.6) is 0 Å². The van der Waals surface area contributed by atoms with Crippen LogP contribution in [-0.2, 0) is 33.3 Å². The molecule has 0 radical (unpaired) electrons. The van der Waals surface area contributed by atoms with Crippen LogP contribution in [0.15, 0.2) is 35.6 Å². The molecule has 28 heavy (non-hydrogen) atoms. The Labute approximate surface area is 164 Å². The van der Waals surface area contributed by atoms with E-state index in [1.165, 1.54) is 13.2 Å². The highest BCUT2D eigenvalue weighted by Gasteiger charge is 2.55. The normalized spacial score (nSPS) is 35.2. The summed E-state index contributed by atoms with van der Waals surface area (Å²) >= 11 is 0. The number of rotatable bonds is 4. The summed E-state index contributed by atoms with van der Waals surface area (Å²) in [5, 5.41) is 0. The molecule has 0 aromatic carbocycles. The first kappa shape index (κ1) is 20.3. The second-order valence-corrected chi connectivity index (χ2v) is 7.75. The van der Waals surface area contributed by atoms with E-state index < -0.39 is 41.6 Å². The maximum Gasteiger partial charge on any atom is 0.333 e. The first-order valence-corrected chi connectivity index (χ1v) is 9.36. The van der Waals surface area contributed by atoms with Crippen molar-refractivity contribution in [2.24, 2.45) is 11.8 Å². The molecule has 2 bridgehead atoms. The van der Waals surface area contributed by atoms with Crippen LogP contribution in [0.25, 0.3) is 0 Å². The van der Waals surface area contributed by atoms with Gasteiger partial charge in [-0.15, -0.1) is 0 Å². The summed E-state index contributed by atoms with van der Waals surface area (Å²) in [5.41, 5.74) is -0.169. The van der Waals surface area contributed by atoms with Crippen LogP contribution >= 0.6 is 0 Å². The molecule has 3 heterocycles. The number of methoxy groups -OCH3 is 1. The molecule has 152 valence electrons. The van der Waals surface area contributed by atoms with Gasteiger partial charge in [-0.05, 0) is 26.3 Å². The van der Waals surface area contributed by atoms with Crippen LogP contribution in [0, 0.1) is 11.8 Å². The Kier molecular flexibility index (Phi) is 5.48. The van der Waals surface area contributed by atoms with Gasteiger partial charge in [-0.25, -0.2) is 4.79 Å². The van der Waals surface area contributed by atoms with Gasteiger partial charge in [0.25, 0.3) is 0 Å². The summed E-state index contributed by atoms with van der Waals surface area (Å²) in [5.74, 6) is -1.77. The summed E-state index contributed by atoms with van der Waals surface area (Å²) < 4.78 is 22.5. The molecule has 3 aliphatic rings. The van der Waals surface area contributed by atoms with E-state index in [1.807, 2.05) is 0 Å². The van der Waals surface area contributed by atoms with Gasteiger partial charge in [-0.3, -0.25) is 9.59 Å². The summed E-state index contributed by atoms with van der Waals surface area (Å²) in [7, 11) is 1.50. The number of esters is 2. The molecule has 0 aliphatic carbocycles. The van der Waals surface area contributed by atoms with Gasteiger partial charge in [0, 0.05) is 37.5 Å². The van der Waals surface area contributed by atoms with Crippen LogP contribution in [0.2, 0.25) is 0 Å². The molecule has 7 nitrogen and oxygen atoms in total. The molecule has 3 rings (SSSR count). The fraction of sp³-hybridized carbons (Fsp3) is 0.571. The van der Waals surface area contributed by atoms with Crippen molar-refractivity contribution in [2.75, 3.05) is 13.7 Å². The van der Waals surface area contributed by atoms with Gasteiger partial charge in [0.15, 0.2) is 5.60 Å². The summed E-state index contributed by atoms with van der Waals surface area (Å²) in [6.45, 7) is 9.19. The fourth-order valence-electron chi connectivity index (χ4n) is 4.01. The third kappa shape index (κ3) is 3.51. The SMILES string of the molecule is C=C1C[C@H]2OC(=O)[C@@H](COC)[C@@H]2[C@@H](OC(=O)/C(C)=C\C)C[C@]2(C)OC1=CC2=O. The maximum absolute atomic E-state index is 12.6. The lowest BCUT2D eigenvalue weighted by molar-refractivity contribution is -0.155. The molecule has 0 unspecified atom stereocenters. The number of carbonyl (C=O) groups is 3. The lowest BCUT2D eigenvalue weighted by Crippen LogP contribution is -2.45. The van der Waals surface area contributed by atoms with Crippen molar-refractivity contribution in [3.63, 3.8) is 0 Å². The van der Waals surface area contributed by atoms with E-state index >= 15 is 0 Å². The topological polar surface area (TPSA) is 88.1 Å². The van der Waals surface area contributed by atoms with Crippen molar-refractivity contribution in [3.8, 4) is 0 Å². The van der Waals surface area contributed by atoms with Crippen molar-refractivity contribution in [2.45, 2.75) is 51.4 Å². The van der Waals surface area contributed by atoms with Crippen LogP contribution in [0.4, 0.5) is 0 Å². The summed E-state index contributed by atoms with van der Waals surface area (Å²) in [4.78, 5) is 37.6. The predicted octanol–water partition coefficient (Wildman–Crippen LogP) is 2.26. The largest absolute Gasteiger partial charge is 0.479 e. The molecule has 3 aliphatic heterocycles. The van der Waals surface area contributed by atoms with Crippen molar-refractivity contribution in [3.05, 3.63) is 35.6 Å². The van der Waals surface area contributed by atoms with Crippen LogP contribution in [-0.4, -0.2) is 49.2 Å². The second kappa shape index (κ2) is 7.54. The first-order chi connectivity index (χ1) is 13.2. The standard InChI is InChI=1S/C21H26O7/c1-6-11(2)19(23)27-16-9-21(4)17(22)8-14(28-21)12(3)7-15-18(16)13(10-25-5)20(24)26-15/h6,8,13,15-16,18H,3,7,9-10H2,1-2,4-5H3/b11-6-/t13-,15+,16-,18-,21-/m0/s1. The zero-order valence-electron chi connectivity index (χ0n) is 16.7. The number of fused-ring (bicyclic) bond motifs is 3. The third-order valence-electron chi connectivity index (χ3n) is 5.76. The first-order valence-electron chi connectivity index (χ1n) is 9.36. The molecule has 0 saturated carbocycles. The fourth-order valence-corrected chi connectivity index (χ4v) is 4.01. The predicted molar refractivity (Wildman–Crippen MR) is 99.0 cm³/mol. The van der Waals surface area contributed by atoms with E-state index in [-0.39, 0.29) is 18.8 Å². The zero-order valence-corrected chi connectivity index (χ0v) is 16.7. The molecule has 7 heteroatoms. The van der Waals surface area contributed by atoms with Gasteiger partial charge < -0.3 is 18.9 Å². The molecule has 5 atom stereocenters. The molecule has 2 saturated heterocycles. The van der Waals surface area contributed by atoms with Gasteiger partial charge in [-0.2, -0.15) is 0 Å². The van der Waals surface area contributed by atoms with Crippen molar-refractivity contribution < 1.29 is 33.3 Å². The lowest BCUT2D eigenvalue weighted by atomic mass is 9.78. The van der Waals surface area contributed by atoms with Gasteiger partial charge >= 0.3 is 11.9 Å². The minimum atomic E-state index is -1.19. The highest BCUT2D eigenvalue weighted by Crippen LogP contribution is 2.44. The summed E-state index contributed by atoms with van der Waals surface area (Å²) in [6, 6.07) is 0. The smallest absolute Gasteiger partial charge is 0.333 e. The average molecular weight is 390 g/mol.